The van der Waals surface area contributed by atoms with Gasteiger partial charge in [0.15, 0.2) is 0 Å². The van der Waals surface area contributed by atoms with Crippen LogP contribution in [0.15, 0.2) is 42.5 Å². The van der Waals surface area contributed by atoms with Crippen LogP contribution >= 0.6 is 11.6 Å². The average molecular weight is 273 g/mol. The maximum absolute atomic E-state index is 6.02. The van der Waals surface area contributed by atoms with Gasteiger partial charge in [-0.1, -0.05) is 41.9 Å². The first-order valence-electron chi connectivity index (χ1n) is 6.55. The second-order valence-corrected chi connectivity index (χ2v) is 5.51. The molecule has 0 aromatic heterocycles. The summed E-state index contributed by atoms with van der Waals surface area (Å²) in [5.74, 6) is 0. The van der Waals surface area contributed by atoms with E-state index in [4.69, 9.17) is 17.3 Å². The summed E-state index contributed by atoms with van der Waals surface area (Å²) in [6, 6.07) is 14.4. The fourth-order valence-corrected chi connectivity index (χ4v) is 2.82. The number of benzene rings is 2. The molecule has 3 rings (SSSR count). The van der Waals surface area contributed by atoms with Crippen LogP contribution in [0.1, 0.15) is 16.7 Å². The minimum atomic E-state index is 0.699. The highest BCUT2D eigenvalue weighted by molar-refractivity contribution is 6.30. The van der Waals surface area contributed by atoms with Crippen LogP contribution in [0.3, 0.4) is 0 Å². The highest BCUT2D eigenvalue weighted by Gasteiger charge is 2.16. The minimum absolute atomic E-state index is 0.699. The molecule has 0 bridgehead atoms. The van der Waals surface area contributed by atoms with Crippen molar-refractivity contribution in [3.05, 3.63) is 64.2 Å². The Hall–Kier alpha value is -1.51. The van der Waals surface area contributed by atoms with E-state index in [2.05, 4.69) is 29.2 Å². The van der Waals surface area contributed by atoms with E-state index in [0.717, 1.165) is 37.3 Å². The van der Waals surface area contributed by atoms with Crippen LogP contribution in [-0.2, 0) is 19.5 Å². The molecule has 2 nitrogen and oxygen atoms in total. The highest BCUT2D eigenvalue weighted by Crippen LogP contribution is 2.23. The summed E-state index contributed by atoms with van der Waals surface area (Å²) in [6.45, 7) is 2.97. The van der Waals surface area contributed by atoms with Crippen molar-refractivity contribution in [3.8, 4) is 0 Å². The Balaban J connectivity index is 1.75. The van der Waals surface area contributed by atoms with Crippen molar-refractivity contribution in [1.29, 1.82) is 0 Å². The molecule has 19 heavy (non-hydrogen) atoms. The molecule has 98 valence electrons. The summed E-state index contributed by atoms with van der Waals surface area (Å²) in [4.78, 5) is 2.43. The van der Waals surface area contributed by atoms with E-state index in [9.17, 15) is 0 Å². The third-order valence-electron chi connectivity index (χ3n) is 3.71. The molecule has 0 aliphatic carbocycles. The quantitative estimate of drug-likeness (QED) is 0.848. The highest BCUT2D eigenvalue weighted by atomic mass is 35.5. The van der Waals surface area contributed by atoms with E-state index in [0.29, 0.717) is 5.02 Å². The fourth-order valence-electron chi connectivity index (χ4n) is 2.64. The van der Waals surface area contributed by atoms with Gasteiger partial charge in [-0.2, -0.15) is 0 Å². The van der Waals surface area contributed by atoms with Crippen LogP contribution in [-0.4, -0.2) is 11.4 Å². The van der Waals surface area contributed by atoms with Crippen molar-refractivity contribution < 1.29 is 0 Å². The molecular formula is C16H17ClN2. The Labute approximate surface area is 118 Å². The van der Waals surface area contributed by atoms with Crippen LogP contribution < -0.4 is 5.73 Å². The minimum Gasteiger partial charge on any atom is -0.398 e. The van der Waals surface area contributed by atoms with Gasteiger partial charge in [0, 0.05) is 30.3 Å². The predicted molar refractivity (Wildman–Crippen MR) is 80.1 cm³/mol. The fraction of sp³-hybridized carbons (Fsp3) is 0.250. The van der Waals surface area contributed by atoms with Crippen LogP contribution in [0, 0.1) is 0 Å². The number of fused-ring (bicyclic) bond motifs is 1. The lowest BCUT2D eigenvalue weighted by Crippen LogP contribution is -2.30. The lowest BCUT2D eigenvalue weighted by Gasteiger charge is -2.29. The molecule has 1 aliphatic rings. The number of anilines is 1. The largest absolute Gasteiger partial charge is 0.398 e. The standard InChI is InChI=1S/C16H17ClN2/c17-15-6-5-14(16(18)9-15)11-19-8-7-12-3-1-2-4-13(12)10-19/h1-6,9H,7-8,10-11,18H2. The molecule has 0 radical (unpaired) electrons. The molecule has 0 spiro atoms. The molecule has 2 aromatic carbocycles. The van der Waals surface area contributed by atoms with Crippen molar-refractivity contribution in [2.75, 3.05) is 12.3 Å². The zero-order valence-electron chi connectivity index (χ0n) is 10.8. The first kappa shape index (κ1) is 12.5. The Bertz CT molecular complexity index is 595. The van der Waals surface area contributed by atoms with Crippen molar-refractivity contribution in [3.63, 3.8) is 0 Å². The maximum Gasteiger partial charge on any atom is 0.0426 e. The first-order chi connectivity index (χ1) is 9.22. The van der Waals surface area contributed by atoms with E-state index < -0.39 is 0 Å². The Morgan fingerprint density at radius 2 is 1.89 bits per heavy atom. The molecule has 3 heteroatoms. The normalized spacial score (nSPS) is 15.2. The molecule has 0 unspecified atom stereocenters. The van der Waals surface area contributed by atoms with Crippen LogP contribution in [0.2, 0.25) is 5.02 Å². The maximum atomic E-state index is 6.02. The molecular weight excluding hydrogens is 256 g/mol. The van der Waals surface area contributed by atoms with Crippen molar-refractivity contribution in [2.24, 2.45) is 0 Å². The van der Waals surface area contributed by atoms with Gasteiger partial charge in [0.05, 0.1) is 0 Å². The summed E-state index contributed by atoms with van der Waals surface area (Å²) in [7, 11) is 0. The number of rotatable bonds is 2. The van der Waals surface area contributed by atoms with Crippen LogP contribution in [0.5, 0.6) is 0 Å². The summed E-state index contributed by atoms with van der Waals surface area (Å²) < 4.78 is 0. The number of halogens is 1. The third-order valence-corrected chi connectivity index (χ3v) is 3.95. The van der Waals surface area contributed by atoms with Crippen LogP contribution in [0.25, 0.3) is 0 Å². The molecule has 0 atom stereocenters. The molecule has 2 N–H and O–H groups in total. The SMILES string of the molecule is Nc1cc(Cl)ccc1CN1CCc2ccccc2C1. The van der Waals surface area contributed by atoms with E-state index >= 15 is 0 Å². The van der Waals surface area contributed by atoms with E-state index in [1.54, 1.807) is 0 Å². The summed E-state index contributed by atoms with van der Waals surface area (Å²) in [5, 5.41) is 0.699. The number of hydrogen-bond acceptors (Lipinski definition) is 2. The molecule has 1 heterocycles. The lowest BCUT2D eigenvalue weighted by atomic mass is 9.99. The van der Waals surface area contributed by atoms with Crippen LogP contribution in [0.4, 0.5) is 5.69 Å². The van der Waals surface area contributed by atoms with Crippen molar-refractivity contribution in [2.45, 2.75) is 19.5 Å². The van der Waals surface area contributed by atoms with E-state index in [1.165, 1.54) is 11.1 Å². The molecule has 0 fully saturated rings. The van der Waals surface area contributed by atoms with E-state index in [1.807, 2.05) is 18.2 Å². The van der Waals surface area contributed by atoms with Gasteiger partial charge in [-0.3, -0.25) is 4.90 Å². The predicted octanol–water partition coefficient (Wildman–Crippen LogP) is 3.48. The third kappa shape index (κ3) is 2.75. The zero-order chi connectivity index (χ0) is 13.2. The molecule has 0 amide bonds. The van der Waals surface area contributed by atoms with E-state index in [-0.39, 0.29) is 0 Å². The smallest absolute Gasteiger partial charge is 0.0426 e. The number of nitrogens with two attached hydrogens (primary N) is 1. The Kier molecular flexibility index (Phi) is 3.45. The second-order valence-electron chi connectivity index (χ2n) is 5.07. The molecule has 0 saturated carbocycles. The topological polar surface area (TPSA) is 29.3 Å². The number of nitrogens with zero attached hydrogens (tertiary/aromatic N) is 1. The average Bonchev–Trinajstić information content (AvgIpc) is 2.42. The molecule has 1 aliphatic heterocycles. The van der Waals surface area contributed by atoms with Crippen molar-refractivity contribution in [1.82, 2.24) is 4.90 Å². The summed E-state index contributed by atoms with van der Waals surface area (Å²) in [5.41, 5.74) is 10.9. The van der Waals surface area contributed by atoms with Gasteiger partial charge in [0.25, 0.3) is 0 Å². The Morgan fingerprint density at radius 3 is 2.68 bits per heavy atom. The van der Waals surface area contributed by atoms with Gasteiger partial charge in [0.2, 0.25) is 0 Å². The second kappa shape index (κ2) is 5.24. The van der Waals surface area contributed by atoms with Gasteiger partial charge in [0.1, 0.15) is 0 Å². The van der Waals surface area contributed by atoms with Gasteiger partial charge < -0.3 is 5.73 Å². The first-order valence-corrected chi connectivity index (χ1v) is 6.93. The monoisotopic (exact) mass is 272 g/mol. The van der Waals surface area contributed by atoms with Gasteiger partial charge in [-0.15, -0.1) is 0 Å². The lowest BCUT2D eigenvalue weighted by molar-refractivity contribution is 0.246. The molecule has 0 saturated heterocycles. The number of nitrogen functional groups attached to an aromatic ring is 1. The number of hydrogen-bond donors (Lipinski definition) is 1. The summed E-state index contributed by atoms with van der Waals surface area (Å²) >= 11 is 5.93. The van der Waals surface area contributed by atoms with Crippen molar-refractivity contribution >= 4 is 17.3 Å². The zero-order valence-corrected chi connectivity index (χ0v) is 11.5. The Morgan fingerprint density at radius 1 is 1.11 bits per heavy atom. The van der Waals surface area contributed by atoms with Gasteiger partial charge in [-0.25, -0.2) is 0 Å². The molecule has 2 aromatic rings. The van der Waals surface area contributed by atoms with Gasteiger partial charge >= 0.3 is 0 Å². The summed E-state index contributed by atoms with van der Waals surface area (Å²) in [6.07, 6.45) is 1.11. The van der Waals surface area contributed by atoms with Gasteiger partial charge in [-0.05, 0) is 35.2 Å².